The zero-order valence-corrected chi connectivity index (χ0v) is 23.7. The average Bonchev–Trinajstić information content (AvgIpc) is 3.32. The second-order valence-electron chi connectivity index (χ2n) is 10.4. The van der Waals surface area contributed by atoms with Crippen molar-refractivity contribution in [2.24, 2.45) is 0 Å². The maximum atomic E-state index is 12.8. The molecule has 0 aliphatic rings. The number of aromatic nitrogens is 2. The number of carboxylic acid groups (broad SMARTS) is 1. The van der Waals surface area contributed by atoms with Crippen LogP contribution in [0.15, 0.2) is 52.9 Å². The molecule has 3 rings (SSSR count). The van der Waals surface area contributed by atoms with Crippen molar-refractivity contribution in [3.63, 3.8) is 0 Å². The van der Waals surface area contributed by atoms with E-state index in [0.717, 1.165) is 16.1 Å². The van der Waals surface area contributed by atoms with Gasteiger partial charge in [0.1, 0.15) is 11.1 Å². The number of nitrogens with zero attached hydrogens (tertiary/aromatic N) is 3. The molecular weight excluding hydrogens is 524 g/mol. The largest absolute Gasteiger partial charge is 0.478 e. The van der Waals surface area contributed by atoms with Crippen LogP contribution in [0.3, 0.4) is 0 Å². The van der Waals surface area contributed by atoms with Gasteiger partial charge in [-0.3, -0.25) is 4.31 Å². The van der Waals surface area contributed by atoms with Crippen LogP contribution in [-0.4, -0.2) is 54.2 Å². The van der Waals surface area contributed by atoms with Crippen LogP contribution in [0.1, 0.15) is 62.9 Å². The summed E-state index contributed by atoms with van der Waals surface area (Å²) in [5.41, 5.74) is -0.820. The van der Waals surface area contributed by atoms with Crippen LogP contribution in [0.4, 0.5) is 10.5 Å². The minimum atomic E-state index is -3.69. The zero-order valence-electron chi connectivity index (χ0n) is 22.9. The number of carbonyl (C=O) groups excluding carboxylic acids is 1. The van der Waals surface area contributed by atoms with E-state index in [-0.39, 0.29) is 41.6 Å². The van der Waals surface area contributed by atoms with Crippen LogP contribution in [0.2, 0.25) is 0 Å². The fourth-order valence-corrected chi connectivity index (χ4v) is 4.96. The summed E-state index contributed by atoms with van der Waals surface area (Å²) >= 11 is 0. The van der Waals surface area contributed by atoms with E-state index >= 15 is 0 Å². The summed E-state index contributed by atoms with van der Waals surface area (Å²) in [5, 5.41) is 20.8. The Morgan fingerprint density at radius 3 is 2.31 bits per heavy atom. The van der Waals surface area contributed by atoms with Crippen molar-refractivity contribution in [1.82, 2.24) is 15.5 Å². The third-order valence-electron chi connectivity index (χ3n) is 5.60. The SMILES string of the molecule is CCCN(c1cc(C(=O)O)cc(-c2nnc([C@](C)(Cc3ccccc3)NC(=O)OC(C)(C)C)o2)c1)S(C)(=O)=O. The van der Waals surface area contributed by atoms with Crippen molar-refractivity contribution in [1.29, 1.82) is 0 Å². The van der Waals surface area contributed by atoms with Crippen LogP contribution in [0.5, 0.6) is 0 Å². The Morgan fingerprint density at radius 2 is 1.74 bits per heavy atom. The number of anilines is 1. The number of ether oxygens (including phenoxy) is 1. The highest BCUT2D eigenvalue weighted by Gasteiger charge is 2.37. The normalized spacial score (nSPS) is 13.4. The molecule has 210 valence electrons. The average molecular weight is 559 g/mol. The molecular formula is C27H34N4O7S. The molecule has 1 heterocycles. The summed E-state index contributed by atoms with van der Waals surface area (Å²) in [5.74, 6) is -1.23. The number of amides is 1. The topological polar surface area (TPSA) is 152 Å². The van der Waals surface area contributed by atoms with Gasteiger partial charge in [0.2, 0.25) is 21.8 Å². The van der Waals surface area contributed by atoms with Gasteiger partial charge >= 0.3 is 12.1 Å². The summed E-state index contributed by atoms with van der Waals surface area (Å²) in [7, 11) is -3.69. The van der Waals surface area contributed by atoms with Crippen LogP contribution >= 0.6 is 0 Å². The molecule has 12 heteroatoms. The Morgan fingerprint density at radius 1 is 1.08 bits per heavy atom. The predicted molar refractivity (Wildman–Crippen MR) is 146 cm³/mol. The van der Waals surface area contributed by atoms with Gasteiger partial charge < -0.3 is 19.6 Å². The van der Waals surface area contributed by atoms with E-state index in [1.807, 2.05) is 37.3 Å². The first-order chi connectivity index (χ1) is 18.1. The molecule has 0 unspecified atom stereocenters. The van der Waals surface area contributed by atoms with E-state index in [1.54, 1.807) is 27.7 Å². The molecule has 1 aromatic heterocycles. The molecule has 0 spiro atoms. The molecule has 0 fully saturated rings. The Kier molecular flexibility index (Phi) is 8.69. The Hall–Kier alpha value is -3.93. The molecule has 0 bridgehead atoms. The second kappa shape index (κ2) is 11.4. The molecule has 0 radical (unpaired) electrons. The third-order valence-corrected chi connectivity index (χ3v) is 6.80. The standard InChI is InChI=1S/C27H34N4O7S/c1-7-13-31(39(6,35)36)21-15-19(14-20(16-21)23(32)33)22-29-30-24(37-22)27(5,17-18-11-9-8-10-12-18)28-25(34)38-26(2,3)4/h8-12,14-16H,7,13,17H2,1-6H3,(H,28,34)(H,32,33)/t27-/m0/s1. The van der Waals surface area contributed by atoms with E-state index in [2.05, 4.69) is 15.5 Å². The number of rotatable bonds is 10. The van der Waals surface area contributed by atoms with Gasteiger partial charge in [-0.1, -0.05) is 37.3 Å². The lowest BCUT2D eigenvalue weighted by Gasteiger charge is -2.29. The molecule has 0 aliphatic carbocycles. The van der Waals surface area contributed by atoms with Crippen LogP contribution in [0.25, 0.3) is 11.5 Å². The molecule has 1 amide bonds. The van der Waals surface area contributed by atoms with Crippen molar-refractivity contribution in [2.75, 3.05) is 17.1 Å². The number of sulfonamides is 1. The van der Waals surface area contributed by atoms with Gasteiger partial charge in [-0.05, 0) is 57.9 Å². The number of nitrogens with one attached hydrogen (secondary N) is 1. The summed E-state index contributed by atoms with van der Waals surface area (Å²) in [6, 6.07) is 13.5. The lowest BCUT2D eigenvalue weighted by molar-refractivity contribution is 0.0443. The lowest BCUT2D eigenvalue weighted by atomic mass is 9.92. The van der Waals surface area contributed by atoms with Crippen molar-refractivity contribution in [2.45, 2.75) is 58.6 Å². The molecule has 1 atom stereocenters. The van der Waals surface area contributed by atoms with Gasteiger partial charge in [0, 0.05) is 18.5 Å². The minimum Gasteiger partial charge on any atom is -0.478 e. The van der Waals surface area contributed by atoms with Gasteiger partial charge in [0.15, 0.2) is 0 Å². The molecule has 0 saturated carbocycles. The van der Waals surface area contributed by atoms with E-state index in [0.29, 0.717) is 6.42 Å². The fourth-order valence-electron chi connectivity index (χ4n) is 3.96. The third kappa shape index (κ3) is 7.79. The molecule has 0 aliphatic heterocycles. The first-order valence-electron chi connectivity index (χ1n) is 12.4. The maximum absolute atomic E-state index is 12.8. The van der Waals surface area contributed by atoms with E-state index in [9.17, 15) is 23.1 Å². The van der Waals surface area contributed by atoms with Gasteiger partial charge in [0.05, 0.1) is 17.5 Å². The molecule has 3 aromatic rings. The van der Waals surface area contributed by atoms with Crippen LogP contribution < -0.4 is 9.62 Å². The van der Waals surface area contributed by atoms with Gasteiger partial charge in [-0.2, -0.15) is 0 Å². The quantitative estimate of drug-likeness (QED) is 0.364. The highest BCUT2D eigenvalue weighted by Crippen LogP contribution is 2.31. The Balaban J connectivity index is 2.08. The summed E-state index contributed by atoms with van der Waals surface area (Å²) in [6.07, 6.45) is 1.17. The maximum Gasteiger partial charge on any atom is 0.408 e. The zero-order chi connectivity index (χ0) is 29.0. The second-order valence-corrected chi connectivity index (χ2v) is 12.3. The Bertz CT molecular complexity index is 1430. The monoisotopic (exact) mass is 558 g/mol. The molecule has 11 nitrogen and oxygen atoms in total. The fraction of sp³-hybridized carbons (Fsp3) is 0.407. The highest BCUT2D eigenvalue weighted by atomic mass is 32.2. The molecule has 0 saturated heterocycles. The van der Waals surface area contributed by atoms with Gasteiger partial charge in [-0.15, -0.1) is 10.2 Å². The lowest BCUT2D eigenvalue weighted by Crippen LogP contribution is -2.47. The van der Waals surface area contributed by atoms with Crippen LogP contribution in [-0.2, 0) is 26.7 Å². The minimum absolute atomic E-state index is 0.0374. The highest BCUT2D eigenvalue weighted by molar-refractivity contribution is 7.92. The predicted octanol–water partition coefficient (Wildman–Crippen LogP) is 4.59. The number of aromatic carboxylic acids is 1. The molecule has 2 N–H and O–H groups in total. The first kappa shape index (κ1) is 29.6. The number of hydrogen-bond donors (Lipinski definition) is 2. The number of alkyl carbamates (subject to hydrolysis) is 1. The number of benzene rings is 2. The smallest absolute Gasteiger partial charge is 0.408 e. The van der Waals surface area contributed by atoms with Crippen molar-refractivity contribution in [3.05, 3.63) is 65.5 Å². The molecule has 39 heavy (non-hydrogen) atoms. The van der Waals surface area contributed by atoms with E-state index in [4.69, 9.17) is 9.15 Å². The van der Waals surface area contributed by atoms with Gasteiger partial charge in [-0.25, -0.2) is 18.0 Å². The van der Waals surface area contributed by atoms with Crippen molar-refractivity contribution < 1.29 is 32.3 Å². The van der Waals surface area contributed by atoms with E-state index < -0.39 is 33.2 Å². The van der Waals surface area contributed by atoms with Crippen molar-refractivity contribution in [3.8, 4) is 11.5 Å². The van der Waals surface area contributed by atoms with Gasteiger partial charge in [0.25, 0.3) is 0 Å². The Labute approximate surface area is 228 Å². The number of carboxylic acids is 1. The first-order valence-corrected chi connectivity index (χ1v) is 14.2. The number of hydrogen-bond acceptors (Lipinski definition) is 8. The van der Waals surface area contributed by atoms with E-state index in [1.165, 1.54) is 18.2 Å². The van der Waals surface area contributed by atoms with Crippen LogP contribution in [0, 0.1) is 0 Å². The molecule has 2 aromatic carbocycles. The van der Waals surface area contributed by atoms with Crippen molar-refractivity contribution >= 4 is 27.8 Å². The number of carbonyl (C=O) groups is 2. The summed E-state index contributed by atoms with van der Waals surface area (Å²) in [6.45, 7) is 8.93. The summed E-state index contributed by atoms with van der Waals surface area (Å²) in [4.78, 5) is 24.6. The summed E-state index contributed by atoms with van der Waals surface area (Å²) < 4.78 is 37.5.